The van der Waals surface area contributed by atoms with Crippen LogP contribution in [-0.2, 0) is 0 Å². The maximum Gasteiger partial charge on any atom is 0.0307 e. The predicted octanol–water partition coefficient (Wildman–Crippen LogP) is 1.28. The van der Waals surface area contributed by atoms with Gasteiger partial charge in [-0.3, -0.25) is 0 Å². The molecular formula is C11H18N2. The van der Waals surface area contributed by atoms with Crippen molar-refractivity contribution < 1.29 is 0 Å². The van der Waals surface area contributed by atoms with E-state index in [0.29, 0.717) is 0 Å². The van der Waals surface area contributed by atoms with Crippen molar-refractivity contribution in [3.63, 3.8) is 0 Å². The van der Waals surface area contributed by atoms with Gasteiger partial charge in [0.25, 0.3) is 0 Å². The van der Waals surface area contributed by atoms with E-state index in [0.717, 1.165) is 30.8 Å². The van der Waals surface area contributed by atoms with E-state index in [1.54, 1.807) is 0 Å². The Morgan fingerprint density at radius 2 is 2.08 bits per heavy atom. The first-order valence-corrected chi connectivity index (χ1v) is 4.37. The smallest absolute Gasteiger partial charge is 0.0307 e. The normalized spacial score (nSPS) is 8.46. The van der Waals surface area contributed by atoms with E-state index in [1.807, 2.05) is 14.0 Å². The molecule has 0 heterocycles. The van der Waals surface area contributed by atoms with Crippen molar-refractivity contribution in [1.82, 2.24) is 10.6 Å². The molecule has 0 atom stereocenters. The number of rotatable bonds is 6. The van der Waals surface area contributed by atoms with Gasteiger partial charge in [0.15, 0.2) is 0 Å². The third kappa shape index (κ3) is 6.01. The fourth-order valence-electron chi connectivity index (χ4n) is 0.846. The van der Waals surface area contributed by atoms with Crippen LogP contribution in [0.2, 0.25) is 0 Å². The fourth-order valence-corrected chi connectivity index (χ4v) is 0.846. The first kappa shape index (κ1) is 11.8. The molecule has 0 saturated carbocycles. The van der Waals surface area contributed by atoms with Gasteiger partial charge in [-0.15, -0.1) is 11.8 Å². The van der Waals surface area contributed by atoms with Crippen molar-refractivity contribution in [3.8, 4) is 11.8 Å². The lowest BCUT2D eigenvalue weighted by atomic mass is 10.2. The van der Waals surface area contributed by atoms with Crippen LogP contribution in [-0.4, -0.2) is 20.1 Å². The van der Waals surface area contributed by atoms with Gasteiger partial charge in [0.05, 0.1) is 0 Å². The van der Waals surface area contributed by atoms with Crippen LogP contribution in [0.25, 0.3) is 0 Å². The van der Waals surface area contributed by atoms with Gasteiger partial charge in [-0.2, -0.15) is 0 Å². The Hall–Kier alpha value is -1.20. The monoisotopic (exact) mass is 178 g/mol. The first-order chi connectivity index (χ1) is 6.22. The zero-order valence-electron chi connectivity index (χ0n) is 8.54. The summed E-state index contributed by atoms with van der Waals surface area (Å²) in [6.45, 7) is 11.2. The molecule has 0 aliphatic heterocycles. The van der Waals surface area contributed by atoms with Gasteiger partial charge in [-0.1, -0.05) is 13.2 Å². The molecule has 0 radical (unpaired) electrons. The first-order valence-electron chi connectivity index (χ1n) is 4.37. The minimum absolute atomic E-state index is 0.769. The van der Waals surface area contributed by atoms with E-state index in [-0.39, 0.29) is 0 Å². The van der Waals surface area contributed by atoms with Crippen molar-refractivity contribution in [2.45, 2.75) is 13.3 Å². The molecule has 0 spiro atoms. The molecule has 2 nitrogen and oxygen atoms in total. The van der Waals surface area contributed by atoms with Gasteiger partial charge in [0, 0.05) is 25.2 Å². The Balaban J connectivity index is 3.60. The summed E-state index contributed by atoms with van der Waals surface area (Å²) < 4.78 is 0. The van der Waals surface area contributed by atoms with Gasteiger partial charge in [-0.25, -0.2) is 0 Å². The molecular weight excluding hydrogens is 160 g/mol. The Kier molecular flexibility index (Phi) is 6.76. The fraction of sp³-hybridized carbons (Fsp3) is 0.455. The van der Waals surface area contributed by atoms with Crippen LogP contribution in [0.5, 0.6) is 0 Å². The zero-order chi connectivity index (χ0) is 10.1. The number of likely N-dealkylation sites (N-methyl/N-ethyl adjacent to an activating group) is 1. The molecule has 0 aliphatic carbocycles. The van der Waals surface area contributed by atoms with E-state index < -0.39 is 0 Å². The minimum atomic E-state index is 0.769. The average Bonchev–Trinajstić information content (AvgIpc) is 2.12. The summed E-state index contributed by atoms with van der Waals surface area (Å²) in [7, 11) is 1.89. The van der Waals surface area contributed by atoms with Gasteiger partial charge in [-0.05, 0) is 19.5 Å². The molecule has 0 rings (SSSR count). The molecule has 13 heavy (non-hydrogen) atoms. The Morgan fingerprint density at radius 3 is 2.62 bits per heavy atom. The van der Waals surface area contributed by atoms with Crippen LogP contribution < -0.4 is 10.6 Å². The van der Waals surface area contributed by atoms with Crippen LogP contribution in [0.4, 0.5) is 0 Å². The lowest BCUT2D eigenvalue weighted by Crippen LogP contribution is -2.20. The lowest BCUT2D eigenvalue weighted by Gasteiger charge is -2.10. The average molecular weight is 178 g/mol. The highest BCUT2D eigenvalue weighted by molar-refractivity contribution is 5.24. The van der Waals surface area contributed by atoms with E-state index in [2.05, 4.69) is 35.6 Å². The predicted molar refractivity (Wildman–Crippen MR) is 58.3 cm³/mol. The van der Waals surface area contributed by atoms with Crippen LogP contribution in [0.3, 0.4) is 0 Å². The molecule has 0 saturated heterocycles. The Labute approximate surface area is 81.1 Å². The Bertz CT molecular complexity index is 230. The standard InChI is InChI=1S/C11H18N2/c1-5-6-7-8-13-11(3)10(2)9-12-4/h12-13H,2-3,7-9H2,1,4H3. The van der Waals surface area contributed by atoms with E-state index in [9.17, 15) is 0 Å². The molecule has 2 N–H and O–H groups in total. The van der Waals surface area contributed by atoms with Gasteiger partial charge in [0.2, 0.25) is 0 Å². The SMILES string of the molecule is C=C(CNC)C(=C)NCCC#CC. The maximum atomic E-state index is 3.88. The summed E-state index contributed by atoms with van der Waals surface area (Å²) in [6, 6.07) is 0. The zero-order valence-corrected chi connectivity index (χ0v) is 8.54. The van der Waals surface area contributed by atoms with Crippen LogP contribution in [0.15, 0.2) is 24.4 Å². The molecule has 0 amide bonds. The van der Waals surface area contributed by atoms with Gasteiger partial charge in [0.1, 0.15) is 0 Å². The van der Waals surface area contributed by atoms with Crippen LogP contribution in [0, 0.1) is 11.8 Å². The van der Waals surface area contributed by atoms with E-state index >= 15 is 0 Å². The largest absolute Gasteiger partial charge is 0.384 e. The van der Waals surface area contributed by atoms with Crippen molar-refractivity contribution in [2.75, 3.05) is 20.1 Å². The number of hydrogen-bond acceptors (Lipinski definition) is 2. The number of hydrogen-bond donors (Lipinski definition) is 2. The quantitative estimate of drug-likeness (QED) is 0.364. The van der Waals surface area contributed by atoms with E-state index in [4.69, 9.17) is 0 Å². The summed E-state index contributed by atoms with van der Waals surface area (Å²) in [5.41, 5.74) is 1.89. The maximum absolute atomic E-state index is 3.88. The van der Waals surface area contributed by atoms with Gasteiger partial charge >= 0.3 is 0 Å². The van der Waals surface area contributed by atoms with Crippen molar-refractivity contribution in [1.29, 1.82) is 0 Å². The van der Waals surface area contributed by atoms with Crippen molar-refractivity contribution >= 4 is 0 Å². The molecule has 0 aliphatic rings. The molecule has 0 fully saturated rings. The molecule has 0 bridgehead atoms. The molecule has 0 aromatic heterocycles. The molecule has 2 heteroatoms. The molecule has 0 aromatic rings. The van der Waals surface area contributed by atoms with Crippen molar-refractivity contribution in [3.05, 3.63) is 24.4 Å². The summed E-state index contributed by atoms with van der Waals surface area (Å²) >= 11 is 0. The molecule has 72 valence electrons. The second-order valence-corrected chi connectivity index (χ2v) is 2.72. The minimum Gasteiger partial charge on any atom is -0.384 e. The van der Waals surface area contributed by atoms with Gasteiger partial charge < -0.3 is 10.6 Å². The molecule has 0 unspecified atom stereocenters. The summed E-state index contributed by atoms with van der Waals surface area (Å²) in [5, 5.41) is 6.19. The third-order valence-electron chi connectivity index (χ3n) is 1.58. The summed E-state index contributed by atoms with van der Waals surface area (Å²) in [5.74, 6) is 5.82. The third-order valence-corrected chi connectivity index (χ3v) is 1.58. The van der Waals surface area contributed by atoms with E-state index in [1.165, 1.54) is 0 Å². The number of nitrogens with one attached hydrogen (secondary N) is 2. The highest BCUT2D eigenvalue weighted by Crippen LogP contribution is 1.98. The van der Waals surface area contributed by atoms with Crippen LogP contribution in [0.1, 0.15) is 13.3 Å². The Morgan fingerprint density at radius 1 is 1.38 bits per heavy atom. The lowest BCUT2D eigenvalue weighted by molar-refractivity contribution is 0.795. The highest BCUT2D eigenvalue weighted by atomic mass is 14.9. The highest BCUT2D eigenvalue weighted by Gasteiger charge is 1.96. The second-order valence-electron chi connectivity index (χ2n) is 2.72. The van der Waals surface area contributed by atoms with Crippen molar-refractivity contribution in [2.24, 2.45) is 0 Å². The second kappa shape index (κ2) is 7.45. The summed E-state index contributed by atoms with van der Waals surface area (Å²) in [4.78, 5) is 0. The van der Waals surface area contributed by atoms with Crippen LogP contribution >= 0.6 is 0 Å². The topological polar surface area (TPSA) is 24.1 Å². The summed E-state index contributed by atoms with van der Waals surface area (Å²) in [6.07, 6.45) is 0.850. The molecule has 0 aromatic carbocycles.